The maximum atomic E-state index is 13.2. The Balaban J connectivity index is 1.33. The number of aryl methyl sites for hydroxylation is 1. The highest BCUT2D eigenvalue weighted by atomic mass is 32.1. The lowest BCUT2D eigenvalue weighted by Crippen LogP contribution is -3.17. The van der Waals surface area contributed by atoms with Crippen LogP contribution in [-0.2, 0) is 6.54 Å². The molecule has 2 heterocycles. The molecule has 0 spiro atoms. The van der Waals surface area contributed by atoms with E-state index < -0.39 is 0 Å². The predicted octanol–water partition coefficient (Wildman–Crippen LogP) is 3.20. The maximum Gasteiger partial charge on any atom is 0.171 e. The SMILES string of the molecule is Cc1ccccc1NC(=S)NC1C[C@H]2CC[C@@H](C1)[NH+]2Cc1ccc(F)cc1. The lowest BCUT2D eigenvalue weighted by atomic mass is 9.96. The van der Waals surface area contributed by atoms with Crippen LogP contribution in [0.5, 0.6) is 0 Å². The van der Waals surface area contributed by atoms with Gasteiger partial charge in [0.25, 0.3) is 0 Å². The summed E-state index contributed by atoms with van der Waals surface area (Å²) in [4.78, 5) is 1.66. The minimum atomic E-state index is -0.158. The number of thiocarbonyl (C=S) groups is 1. The van der Waals surface area contributed by atoms with Crippen molar-refractivity contribution in [3.8, 4) is 0 Å². The van der Waals surface area contributed by atoms with Crippen LogP contribution in [0.2, 0.25) is 0 Å². The standard InChI is InChI=1S/C22H26FN3S/c1-15-4-2-3-5-21(15)25-22(27)24-18-12-19-10-11-20(13-18)26(19)14-16-6-8-17(23)9-7-16/h2-9,18-20H,10-14H2,1H3,(H2,24,25,27)/p+1/t18?,19-,20+. The van der Waals surface area contributed by atoms with Crippen LogP contribution in [0.1, 0.15) is 36.8 Å². The van der Waals surface area contributed by atoms with Crippen molar-refractivity contribution < 1.29 is 9.29 Å². The number of rotatable bonds is 4. The number of halogens is 1. The Morgan fingerprint density at radius 2 is 1.74 bits per heavy atom. The van der Waals surface area contributed by atoms with Crippen LogP contribution < -0.4 is 15.5 Å². The summed E-state index contributed by atoms with van der Waals surface area (Å²) in [5.74, 6) is -0.158. The second-order valence-electron chi connectivity index (χ2n) is 7.93. The second kappa shape index (κ2) is 7.95. The Hall–Kier alpha value is -1.98. The van der Waals surface area contributed by atoms with Gasteiger partial charge >= 0.3 is 0 Å². The molecule has 2 aromatic carbocycles. The van der Waals surface area contributed by atoms with Crippen LogP contribution >= 0.6 is 12.2 Å². The Kier molecular flexibility index (Phi) is 5.41. The predicted molar refractivity (Wildman–Crippen MR) is 111 cm³/mol. The number of nitrogens with one attached hydrogen (secondary N) is 3. The largest absolute Gasteiger partial charge is 0.359 e. The van der Waals surface area contributed by atoms with Gasteiger partial charge in [0, 0.05) is 43.0 Å². The minimum Gasteiger partial charge on any atom is -0.359 e. The topological polar surface area (TPSA) is 28.5 Å². The lowest BCUT2D eigenvalue weighted by molar-refractivity contribution is -0.954. The number of piperidine rings is 1. The molecule has 4 rings (SSSR count). The van der Waals surface area contributed by atoms with Gasteiger partial charge in [0.15, 0.2) is 5.11 Å². The summed E-state index contributed by atoms with van der Waals surface area (Å²) in [5.41, 5.74) is 3.49. The monoisotopic (exact) mass is 384 g/mol. The van der Waals surface area contributed by atoms with Gasteiger partial charge in [0.2, 0.25) is 0 Å². The van der Waals surface area contributed by atoms with Crippen LogP contribution in [-0.4, -0.2) is 23.2 Å². The van der Waals surface area contributed by atoms with E-state index in [0.29, 0.717) is 18.1 Å². The van der Waals surface area contributed by atoms with Crippen molar-refractivity contribution in [2.75, 3.05) is 5.32 Å². The Morgan fingerprint density at radius 1 is 1.07 bits per heavy atom. The Labute approximate surface area is 166 Å². The molecular weight excluding hydrogens is 357 g/mol. The van der Waals surface area contributed by atoms with Crippen molar-refractivity contribution in [1.82, 2.24) is 5.32 Å². The van der Waals surface area contributed by atoms with E-state index in [1.807, 2.05) is 24.3 Å². The first-order chi connectivity index (χ1) is 13.1. The molecule has 2 bridgehead atoms. The van der Waals surface area contributed by atoms with E-state index in [2.05, 4.69) is 29.7 Å². The molecule has 2 aliphatic heterocycles. The third-order valence-electron chi connectivity index (χ3n) is 6.10. The fourth-order valence-electron chi connectivity index (χ4n) is 4.73. The molecular formula is C22H27FN3S+. The third kappa shape index (κ3) is 4.30. The summed E-state index contributed by atoms with van der Waals surface area (Å²) >= 11 is 5.56. The molecule has 3 N–H and O–H groups in total. The molecule has 2 fully saturated rings. The molecule has 2 aromatic rings. The summed E-state index contributed by atoms with van der Waals surface area (Å²) in [6.07, 6.45) is 4.83. The number of benzene rings is 2. The highest BCUT2D eigenvalue weighted by molar-refractivity contribution is 7.80. The maximum absolute atomic E-state index is 13.2. The molecule has 0 aliphatic carbocycles. The smallest absolute Gasteiger partial charge is 0.171 e. The van der Waals surface area contributed by atoms with E-state index in [1.165, 1.54) is 24.0 Å². The molecule has 0 saturated carbocycles. The van der Waals surface area contributed by atoms with Crippen molar-refractivity contribution in [2.24, 2.45) is 0 Å². The van der Waals surface area contributed by atoms with Gasteiger partial charge in [-0.05, 0) is 42.9 Å². The first-order valence-corrected chi connectivity index (χ1v) is 10.2. The highest BCUT2D eigenvalue weighted by Gasteiger charge is 2.44. The van der Waals surface area contributed by atoms with Crippen LogP contribution in [0.4, 0.5) is 10.1 Å². The van der Waals surface area contributed by atoms with Crippen molar-refractivity contribution >= 4 is 23.0 Å². The molecule has 2 unspecified atom stereocenters. The van der Waals surface area contributed by atoms with Crippen molar-refractivity contribution in [3.05, 3.63) is 65.5 Å². The first-order valence-electron chi connectivity index (χ1n) is 9.81. The molecule has 2 aliphatic rings. The summed E-state index contributed by atoms with van der Waals surface area (Å²) in [5, 5.41) is 7.60. The van der Waals surface area contributed by atoms with Crippen LogP contribution in [0.15, 0.2) is 48.5 Å². The third-order valence-corrected chi connectivity index (χ3v) is 6.32. The first kappa shape index (κ1) is 18.4. The van der Waals surface area contributed by atoms with Crippen molar-refractivity contribution in [1.29, 1.82) is 0 Å². The van der Waals surface area contributed by atoms with Crippen molar-refractivity contribution in [3.63, 3.8) is 0 Å². The molecule has 0 radical (unpaired) electrons. The summed E-state index contributed by atoms with van der Waals surface area (Å²) in [6, 6.07) is 16.9. The van der Waals surface area contributed by atoms with Gasteiger partial charge in [-0.1, -0.05) is 30.3 Å². The quantitative estimate of drug-likeness (QED) is 0.707. The van der Waals surface area contributed by atoms with E-state index in [4.69, 9.17) is 12.2 Å². The number of quaternary nitrogens is 1. The average molecular weight is 385 g/mol. The average Bonchev–Trinajstić information content (AvgIpc) is 2.87. The van der Waals surface area contributed by atoms with Gasteiger partial charge in [0.05, 0.1) is 12.1 Å². The minimum absolute atomic E-state index is 0.158. The van der Waals surface area contributed by atoms with Crippen LogP contribution in [0, 0.1) is 12.7 Å². The molecule has 0 aromatic heterocycles. The van der Waals surface area contributed by atoms with Crippen LogP contribution in [0.25, 0.3) is 0 Å². The van der Waals surface area contributed by atoms with E-state index in [1.54, 1.807) is 17.0 Å². The van der Waals surface area contributed by atoms with Crippen LogP contribution in [0.3, 0.4) is 0 Å². The van der Waals surface area contributed by atoms with Gasteiger partial charge in [0.1, 0.15) is 12.4 Å². The lowest BCUT2D eigenvalue weighted by Gasteiger charge is -2.37. The van der Waals surface area contributed by atoms with Crippen molar-refractivity contribution in [2.45, 2.75) is 57.3 Å². The van der Waals surface area contributed by atoms with Gasteiger partial charge < -0.3 is 15.5 Å². The molecule has 27 heavy (non-hydrogen) atoms. The normalized spacial score (nSPS) is 26.6. The summed E-state index contributed by atoms with van der Waals surface area (Å²) < 4.78 is 13.2. The zero-order chi connectivity index (χ0) is 18.8. The number of para-hydroxylation sites is 1. The zero-order valence-corrected chi connectivity index (χ0v) is 16.5. The zero-order valence-electron chi connectivity index (χ0n) is 15.7. The second-order valence-corrected chi connectivity index (χ2v) is 8.34. The number of fused-ring (bicyclic) bond motifs is 2. The molecule has 2 saturated heterocycles. The summed E-state index contributed by atoms with van der Waals surface area (Å²) in [6.45, 7) is 3.08. The Bertz CT molecular complexity index is 793. The Morgan fingerprint density at radius 3 is 2.41 bits per heavy atom. The van der Waals surface area contributed by atoms with Gasteiger partial charge in [-0.2, -0.15) is 0 Å². The number of hydrogen-bond donors (Lipinski definition) is 3. The van der Waals surface area contributed by atoms with E-state index in [-0.39, 0.29) is 5.82 Å². The molecule has 142 valence electrons. The number of hydrogen-bond acceptors (Lipinski definition) is 1. The summed E-state index contributed by atoms with van der Waals surface area (Å²) in [7, 11) is 0. The van der Waals surface area contributed by atoms with E-state index in [9.17, 15) is 4.39 Å². The van der Waals surface area contributed by atoms with E-state index in [0.717, 1.165) is 30.2 Å². The molecule has 3 nitrogen and oxygen atoms in total. The van der Waals surface area contributed by atoms with Gasteiger partial charge in [-0.15, -0.1) is 0 Å². The highest BCUT2D eigenvalue weighted by Crippen LogP contribution is 2.24. The van der Waals surface area contributed by atoms with E-state index >= 15 is 0 Å². The fraction of sp³-hybridized carbons (Fsp3) is 0.409. The van der Waals surface area contributed by atoms with Gasteiger partial charge in [-0.25, -0.2) is 4.39 Å². The number of anilines is 1. The molecule has 5 heteroatoms. The fourth-order valence-corrected chi connectivity index (χ4v) is 5.01. The molecule has 0 amide bonds. The molecule has 4 atom stereocenters. The van der Waals surface area contributed by atoms with Gasteiger partial charge in [-0.3, -0.25) is 0 Å².